The van der Waals surface area contributed by atoms with Crippen LogP contribution in [0.5, 0.6) is 0 Å². The van der Waals surface area contributed by atoms with Gasteiger partial charge in [-0.1, -0.05) is 127 Å². The molecule has 10 rings (SSSR count). The zero-order valence-corrected chi connectivity index (χ0v) is 34.6. The van der Waals surface area contributed by atoms with Crippen LogP contribution in [0.4, 0.5) is 0 Å². The first-order chi connectivity index (χ1) is 29.1. The van der Waals surface area contributed by atoms with Gasteiger partial charge < -0.3 is 18.9 Å². The van der Waals surface area contributed by atoms with E-state index in [9.17, 15) is 0 Å². The van der Waals surface area contributed by atoms with E-state index in [0.717, 1.165) is 84.6 Å². The normalized spacial score (nSPS) is 27.6. The molecule has 5 fully saturated rings. The Labute approximate surface area is 351 Å². The van der Waals surface area contributed by atoms with Gasteiger partial charge in [-0.25, -0.2) is 0 Å². The van der Waals surface area contributed by atoms with Gasteiger partial charge in [0.15, 0.2) is 0 Å². The van der Waals surface area contributed by atoms with Gasteiger partial charge in [-0.15, -0.1) is 5.10 Å². The van der Waals surface area contributed by atoms with Crippen LogP contribution in [0.1, 0.15) is 79.3 Å². The number of unbranched alkanes of at least 4 members (excludes halogenated alkanes) is 1. The number of piperidine rings is 1. The van der Waals surface area contributed by atoms with Crippen molar-refractivity contribution in [3.8, 4) is 0 Å². The third kappa shape index (κ3) is 10.6. The monoisotopic (exact) mass is 794 g/mol. The molecule has 4 atom stereocenters. The number of rotatable bonds is 20. The minimum Gasteiger partial charge on any atom is -0.375 e. The van der Waals surface area contributed by atoms with Gasteiger partial charge >= 0.3 is 0 Å². The van der Waals surface area contributed by atoms with E-state index in [1.807, 2.05) is 12.1 Å². The minimum absolute atomic E-state index is 0.0408. The van der Waals surface area contributed by atoms with Crippen LogP contribution >= 0.6 is 0 Å². The Hall–Kier alpha value is -4.18. The summed E-state index contributed by atoms with van der Waals surface area (Å²) in [6, 6.07) is 41.7. The molecule has 0 spiro atoms. The fourth-order valence-corrected chi connectivity index (χ4v) is 11.3. The molecule has 59 heavy (non-hydrogen) atoms. The molecule has 4 aromatic carbocycles. The predicted molar refractivity (Wildman–Crippen MR) is 230 cm³/mol. The summed E-state index contributed by atoms with van der Waals surface area (Å²) in [5.41, 5.74) is 6.13. The Bertz CT molecular complexity index is 1960. The van der Waals surface area contributed by atoms with Crippen LogP contribution in [-0.4, -0.2) is 63.9 Å². The highest BCUT2D eigenvalue weighted by molar-refractivity contribution is 5.17. The van der Waals surface area contributed by atoms with Gasteiger partial charge in [-0.05, 0) is 110 Å². The van der Waals surface area contributed by atoms with E-state index >= 15 is 0 Å². The lowest BCUT2D eigenvalue weighted by Crippen LogP contribution is -2.64. The second kappa shape index (κ2) is 19.5. The number of likely N-dealkylation sites (tertiary alicyclic amines) is 1. The van der Waals surface area contributed by atoms with Crippen LogP contribution in [0.15, 0.2) is 128 Å². The molecular formula is C51H62N4O4. The van der Waals surface area contributed by atoms with E-state index in [1.54, 1.807) is 0 Å². The van der Waals surface area contributed by atoms with Crippen molar-refractivity contribution >= 4 is 0 Å². The standard InChI is InChI=1S/C51H62N4O4/c1-5-15-39(16-6-1)33-56-37-47-49(58-35-41-19-9-3-10-20-41)50(59-36-42-21-11-4-12-22-42)48(57-34-40-17-7-2-8-18-40)32-54(47)24-14-13-23-46-31-55(53-52-46)38-51-28-43-25-44(29-51)27-45(26-43)30-51/h1-12,15-22,31,43-45,47-50H,13-14,23-30,32-38H2/t43?,44?,45?,47-,48+,49-,50-,51?/m1/s1. The number of ether oxygens (including phenoxy) is 4. The van der Waals surface area contributed by atoms with Crippen LogP contribution in [0.2, 0.25) is 0 Å². The number of hydrogen-bond donors (Lipinski definition) is 0. The average Bonchev–Trinajstić information content (AvgIpc) is 3.70. The van der Waals surface area contributed by atoms with Gasteiger partial charge in [0, 0.05) is 19.3 Å². The third-order valence-electron chi connectivity index (χ3n) is 13.6. The first-order valence-corrected chi connectivity index (χ1v) is 22.3. The summed E-state index contributed by atoms with van der Waals surface area (Å²) in [6.45, 7) is 5.17. The van der Waals surface area contributed by atoms with Crippen LogP contribution < -0.4 is 0 Å². The molecule has 2 heterocycles. The lowest BCUT2D eigenvalue weighted by atomic mass is 9.49. The number of benzene rings is 4. The van der Waals surface area contributed by atoms with E-state index < -0.39 is 0 Å². The van der Waals surface area contributed by atoms with Gasteiger partial charge in [0.2, 0.25) is 0 Å². The topological polar surface area (TPSA) is 70.9 Å². The number of hydrogen-bond acceptors (Lipinski definition) is 7. The molecule has 0 unspecified atom stereocenters. The predicted octanol–water partition coefficient (Wildman–Crippen LogP) is 9.47. The highest BCUT2D eigenvalue weighted by atomic mass is 16.6. The Balaban J connectivity index is 0.916. The summed E-state index contributed by atoms with van der Waals surface area (Å²) >= 11 is 0. The molecule has 8 heteroatoms. The summed E-state index contributed by atoms with van der Waals surface area (Å²) in [4.78, 5) is 2.56. The molecule has 0 N–H and O–H groups in total. The van der Waals surface area contributed by atoms with E-state index in [0.29, 0.717) is 38.4 Å². The molecule has 0 radical (unpaired) electrons. The minimum atomic E-state index is -0.312. The molecule has 1 saturated heterocycles. The molecule has 4 saturated carbocycles. The first kappa shape index (κ1) is 40.2. The highest BCUT2D eigenvalue weighted by Crippen LogP contribution is 2.60. The Morgan fingerprint density at radius 3 is 1.64 bits per heavy atom. The fourth-order valence-electron chi connectivity index (χ4n) is 11.3. The van der Waals surface area contributed by atoms with Gasteiger partial charge in [-0.2, -0.15) is 0 Å². The van der Waals surface area contributed by atoms with Crippen molar-refractivity contribution in [1.29, 1.82) is 0 Å². The van der Waals surface area contributed by atoms with Crippen molar-refractivity contribution in [3.63, 3.8) is 0 Å². The molecule has 8 nitrogen and oxygen atoms in total. The molecule has 4 bridgehead atoms. The second-order valence-corrected chi connectivity index (χ2v) is 18.2. The van der Waals surface area contributed by atoms with Gasteiger partial charge in [0.25, 0.3) is 0 Å². The highest BCUT2D eigenvalue weighted by Gasteiger charge is 2.51. The molecule has 1 aromatic heterocycles. The molecule has 0 amide bonds. The Morgan fingerprint density at radius 2 is 1.08 bits per heavy atom. The molecule has 5 aliphatic rings. The molecule has 5 aromatic rings. The van der Waals surface area contributed by atoms with E-state index in [2.05, 4.69) is 130 Å². The van der Waals surface area contributed by atoms with Gasteiger partial charge in [-0.3, -0.25) is 9.58 Å². The Kier molecular flexibility index (Phi) is 13.3. The van der Waals surface area contributed by atoms with Crippen molar-refractivity contribution < 1.29 is 18.9 Å². The number of aromatic nitrogens is 3. The summed E-state index contributed by atoms with van der Waals surface area (Å²) in [5, 5.41) is 9.37. The van der Waals surface area contributed by atoms with Crippen LogP contribution in [0, 0.1) is 23.2 Å². The number of nitrogens with zero attached hydrogens (tertiary/aromatic N) is 4. The van der Waals surface area contributed by atoms with Crippen LogP contribution in [-0.2, 0) is 58.3 Å². The van der Waals surface area contributed by atoms with Crippen LogP contribution in [0.25, 0.3) is 0 Å². The van der Waals surface area contributed by atoms with Crippen molar-refractivity contribution in [2.75, 3.05) is 19.7 Å². The average molecular weight is 795 g/mol. The van der Waals surface area contributed by atoms with Gasteiger partial charge in [0.1, 0.15) is 12.2 Å². The van der Waals surface area contributed by atoms with E-state index in [4.69, 9.17) is 24.0 Å². The quantitative estimate of drug-likeness (QED) is 0.0728. The van der Waals surface area contributed by atoms with Crippen molar-refractivity contribution in [1.82, 2.24) is 19.9 Å². The maximum atomic E-state index is 7.03. The summed E-state index contributed by atoms with van der Waals surface area (Å²) < 4.78 is 29.6. The maximum absolute atomic E-state index is 7.03. The molecule has 310 valence electrons. The summed E-state index contributed by atoms with van der Waals surface area (Å²) in [6.07, 6.45) is 13.0. The van der Waals surface area contributed by atoms with Crippen molar-refractivity contribution in [2.24, 2.45) is 23.2 Å². The summed E-state index contributed by atoms with van der Waals surface area (Å²) in [7, 11) is 0. The first-order valence-electron chi connectivity index (χ1n) is 22.3. The largest absolute Gasteiger partial charge is 0.375 e. The zero-order chi connectivity index (χ0) is 39.7. The maximum Gasteiger partial charge on any atom is 0.113 e. The second-order valence-electron chi connectivity index (χ2n) is 18.2. The lowest BCUT2D eigenvalue weighted by Gasteiger charge is -2.56. The molecule has 4 aliphatic carbocycles. The molecule has 1 aliphatic heterocycles. The Morgan fingerprint density at radius 1 is 0.576 bits per heavy atom. The van der Waals surface area contributed by atoms with Crippen LogP contribution in [0.3, 0.4) is 0 Å². The van der Waals surface area contributed by atoms with Crippen molar-refractivity contribution in [2.45, 2.75) is 115 Å². The number of aryl methyl sites for hydroxylation is 1. The SMILES string of the molecule is c1ccc(COC[C@@H]2[C@@H](OCc3ccccc3)[C@H](OCc3ccccc3)[C@@H](OCc3ccccc3)CN2CCCCc2cn(CC34CC5CC(CC(C5)C3)C4)nn2)cc1. The molecular weight excluding hydrogens is 733 g/mol. The zero-order valence-electron chi connectivity index (χ0n) is 34.6. The fraction of sp³-hybridized carbons (Fsp3) is 0.490. The van der Waals surface area contributed by atoms with E-state index in [1.165, 1.54) is 38.5 Å². The third-order valence-corrected chi connectivity index (χ3v) is 13.6. The van der Waals surface area contributed by atoms with Gasteiger partial charge in [0.05, 0.1) is 50.9 Å². The van der Waals surface area contributed by atoms with Crippen molar-refractivity contribution in [3.05, 3.63) is 155 Å². The lowest BCUT2D eigenvalue weighted by molar-refractivity contribution is -0.210. The van der Waals surface area contributed by atoms with E-state index in [-0.39, 0.29) is 24.4 Å². The smallest absolute Gasteiger partial charge is 0.113 e. The summed E-state index contributed by atoms with van der Waals surface area (Å²) in [5.74, 6) is 2.84.